The van der Waals surface area contributed by atoms with E-state index in [4.69, 9.17) is 9.47 Å². The fraction of sp³-hybridized carbons (Fsp3) is 0.263. The molecule has 0 saturated heterocycles. The van der Waals surface area contributed by atoms with Gasteiger partial charge in [0.2, 0.25) is 5.91 Å². The van der Waals surface area contributed by atoms with E-state index in [0.717, 1.165) is 11.1 Å². The van der Waals surface area contributed by atoms with Crippen LogP contribution < -0.4 is 14.8 Å². The maximum Gasteiger partial charge on any atom is 0.249 e. The fourth-order valence-corrected chi connectivity index (χ4v) is 2.81. The van der Waals surface area contributed by atoms with Gasteiger partial charge in [0.25, 0.3) is 0 Å². The number of hydrogen-bond donors (Lipinski definition) is 1. The molecular weight excluding hydrogens is 346 g/mol. The van der Waals surface area contributed by atoms with E-state index in [0.29, 0.717) is 24.5 Å². The first-order chi connectivity index (χ1) is 13.2. The molecule has 0 aliphatic rings. The van der Waals surface area contributed by atoms with Gasteiger partial charge in [0.1, 0.15) is 6.33 Å². The number of tetrazole rings is 1. The Labute approximate surface area is 157 Å². The van der Waals surface area contributed by atoms with Crippen LogP contribution >= 0.6 is 0 Å². The SMILES string of the molecule is COc1ccc(CCNC(=O)C(c2ccccc2)n2cnnn2)cc1OC. The van der Waals surface area contributed by atoms with Crippen molar-refractivity contribution in [2.75, 3.05) is 20.8 Å². The van der Waals surface area contributed by atoms with E-state index >= 15 is 0 Å². The van der Waals surface area contributed by atoms with Crippen LogP contribution in [0.5, 0.6) is 11.5 Å². The summed E-state index contributed by atoms with van der Waals surface area (Å²) in [6.07, 6.45) is 2.09. The van der Waals surface area contributed by atoms with Gasteiger partial charge in [0.15, 0.2) is 17.5 Å². The van der Waals surface area contributed by atoms with Gasteiger partial charge in [-0.2, -0.15) is 0 Å². The first-order valence-electron chi connectivity index (χ1n) is 8.49. The molecule has 0 fully saturated rings. The van der Waals surface area contributed by atoms with Gasteiger partial charge in [0, 0.05) is 6.54 Å². The lowest BCUT2D eigenvalue weighted by Gasteiger charge is -2.17. The van der Waals surface area contributed by atoms with Gasteiger partial charge in [0.05, 0.1) is 14.2 Å². The van der Waals surface area contributed by atoms with E-state index in [-0.39, 0.29) is 5.91 Å². The smallest absolute Gasteiger partial charge is 0.249 e. The highest BCUT2D eigenvalue weighted by molar-refractivity contribution is 5.83. The molecule has 1 N–H and O–H groups in total. The van der Waals surface area contributed by atoms with Gasteiger partial charge >= 0.3 is 0 Å². The van der Waals surface area contributed by atoms with Crippen molar-refractivity contribution in [2.24, 2.45) is 0 Å². The first kappa shape index (κ1) is 18.4. The molecule has 3 aromatic rings. The number of carbonyl (C=O) groups is 1. The van der Waals surface area contributed by atoms with Gasteiger partial charge in [-0.3, -0.25) is 4.79 Å². The van der Waals surface area contributed by atoms with Crippen molar-refractivity contribution >= 4 is 5.91 Å². The highest BCUT2D eigenvalue weighted by Crippen LogP contribution is 2.27. The summed E-state index contributed by atoms with van der Waals surface area (Å²) in [4.78, 5) is 12.8. The summed E-state index contributed by atoms with van der Waals surface area (Å²) in [7, 11) is 3.19. The zero-order chi connectivity index (χ0) is 19.1. The van der Waals surface area contributed by atoms with E-state index < -0.39 is 6.04 Å². The zero-order valence-electron chi connectivity index (χ0n) is 15.2. The Balaban J connectivity index is 1.67. The number of hydrogen-bond acceptors (Lipinski definition) is 6. The number of amides is 1. The molecule has 8 nitrogen and oxygen atoms in total. The largest absolute Gasteiger partial charge is 0.493 e. The Kier molecular flexibility index (Phi) is 5.98. The maximum atomic E-state index is 12.8. The second-order valence-electron chi connectivity index (χ2n) is 5.83. The maximum absolute atomic E-state index is 12.8. The normalized spacial score (nSPS) is 11.6. The number of nitrogens with zero attached hydrogens (tertiary/aromatic N) is 4. The Morgan fingerprint density at radius 3 is 2.56 bits per heavy atom. The molecule has 0 radical (unpaired) electrons. The van der Waals surface area contributed by atoms with Crippen molar-refractivity contribution in [3.05, 3.63) is 66.0 Å². The molecule has 1 unspecified atom stereocenters. The van der Waals surface area contributed by atoms with Crippen LogP contribution in [-0.4, -0.2) is 46.9 Å². The van der Waals surface area contributed by atoms with Crippen LogP contribution in [-0.2, 0) is 11.2 Å². The molecule has 0 bridgehead atoms. The van der Waals surface area contributed by atoms with Crippen LogP contribution in [0.3, 0.4) is 0 Å². The predicted molar refractivity (Wildman–Crippen MR) is 98.7 cm³/mol. The third-order valence-corrected chi connectivity index (χ3v) is 4.15. The summed E-state index contributed by atoms with van der Waals surface area (Å²) in [5.74, 6) is 1.17. The fourth-order valence-electron chi connectivity index (χ4n) is 2.81. The molecule has 0 aliphatic carbocycles. The molecule has 1 amide bonds. The van der Waals surface area contributed by atoms with Gasteiger partial charge in [-0.25, -0.2) is 4.68 Å². The quantitative estimate of drug-likeness (QED) is 0.651. The lowest BCUT2D eigenvalue weighted by Crippen LogP contribution is -2.34. The summed E-state index contributed by atoms with van der Waals surface area (Å²) < 4.78 is 12.0. The highest BCUT2D eigenvalue weighted by atomic mass is 16.5. The number of rotatable bonds is 8. The standard InChI is InChI=1S/C19H21N5O3/c1-26-16-9-8-14(12-17(16)27-2)10-11-20-19(25)18(24-13-21-22-23-24)15-6-4-3-5-7-15/h3-9,12-13,18H,10-11H2,1-2H3,(H,20,25). The minimum absolute atomic E-state index is 0.172. The first-order valence-corrected chi connectivity index (χ1v) is 8.49. The van der Waals surface area contributed by atoms with Crippen LogP contribution in [0.15, 0.2) is 54.9 Å². The molecule has 0 saturated carbocycles. The molecule has 27 heavy (non-hydrogen) atoms. The van der Waals surface area contributed by atoms with E-state index in [1.807, 2.05) is 48.5 Å². The molecule has 0 aliphatic heterocycles. The van der Waals surface area contributed by atoms with Crippen LogP contribution in [0.4, 0.5) is 0 Å². The third kappa shape index (κ3) is 4.41. The molecule has 140 valence electrons. The van der Waals surface area contributed by atoms with Gasteiger partial charge in [-0.1, -0.05) is 36.4 Å². The monoisotopic (exact) mass is 367 g/mol. The Bertz CT molecular complexity index is 868. The number of carbonyl (C=O) groups excluding carboxylic acids is 1. The Hall–Kier alpha value is -3.42. The van der Waals surface area contributed by atoms with Gasteiger partial charge in [-0.05, 0) is 40.1 Å². The lowest BCUT2D eigenvalue weighted by atomic mass is 10.1. The second kappa shape index (κ2) is 8.79. The summed E-state index contributed by atoms with van der Waals surface area (Å²) in [5, 5.41) is 14.1. The van der Waals surface area contributed by atoms with Gasteiger partial charge in [-0.15, -0.1) is 5.10 Å². The van der Waals surface area contributed by atoms with Crippen molar-refractivity contribution in [1.82, 2.24) is 25.5 Å². The summed E-state index contributed by atoms with van der Waals surface area (Å²) in [6, 6.07) is 14.5. The van der Waals surface area contributed by atoms with Gasteiger partial charge < -0.3 is 14.8 Å². The van der Waals surface area contributed by atoms with Crippen molar-refractivity contribution < 1.29 is 14.3 Å². The molecule has 2 aromatic carbocycles. The Morgan fingerprint density at radius 2 is 1.89 bits per heavy atom. The van der Waals surface area contributed by atoms with Crippen LogP contribution in [0.25, 0.3) is 0 Å². The van der Waals surface area contributed by atoms with Crippen molar-refractivity contribution in [1.29, 1.82) is 0 Å². The van der Waals surface area contributed by atoms with Crippen LogP contribution in [0.1, 0.15) is 17.2 Å². The number of benzene rings is 2. The van der Waals surface area contributed by atoms with Crippen LogP contribution in [0.2, 0.25) is 0 Å². The number of nitrogens with one attached hydrogen (secondary N) is 1. The number of methoxy groups -OCH3 is 2. The molecule has 8 heteroatoms. The average Bonchev–Trinajstić information content (AvgIpc) is 3.23. The van der Waals surface area contributed by atoms with Crippen molar-refractivity contribution in [2.45, 2.75) is 12.5 Å². The molecule has 3 rings (SSSR count). The minimum Gasteiger partial charge on any atom is -0.493 e. The molecular formula is C19H21N5O3. The number of ether oxygens (including phenoxy) is 2. The highest BCUT2D eigenvalue weighted by Gasteiger charge is 2.23. The number of aromatic nitrogens is 4. The molecule has 1 atom stereocenters. The molecule has 0 spiro atoms. The van der Waals surface area contributed by atoms with E-state index in [1.54, 1.807) is 14.2 Å². The zero-order valence-corrected chi connectivity index (χ0v) is 15.2. The molecule has 1 aromatic heterocycles. The van der Waals surface area contributed by atoms with E-state index in [2.05, 4.69) is 20.8 Å². The minimum atomic E-state index is -0.619. The summed E-state index contributed by atoms with van der Waals surface area (Å²) in [5.41, 5.74) is 1.85. The van der Waals surface area contributed by atoms with E-state index in [9.17, 15) is 4.79 Å². The van der Waals surface area contributed by atoms with Crippen LogP contribution in [0, 0.1) is 0 Å². The summed E-state index contributed by atoms with van der Waals surface area (Å²) >= 11 is 0. The molecule has 1 heterocycles. The summed E-state index contributed by atoms with van der Waals surface area (Å²) in [6.45, 7) is 0.472. The average molecular weight is 367 g/mol. The topological polar surface area (TPSA) is 91.2 Å². The van der Waals surface area contributed by atoms with E-state index in [1.165, 1.54) is 11.0 Å². The Morgan fingerprint density at radius 1 is 1.11 bits per heavy atom. The third-order valence-electron chi connectivity index (χ3n) is 4.15. The lowest BCUT2D eigenvalue weighted by molar-refractivity contribution is -0.123. The second-order valence-corrected chi connectivity index (χ2v) is 5.83. The van der Waals surface area contributed by atoms with Crippen molar-refractivity contribution in [3.63, 3.8) is 0 Å². The van der Waals surface area contributed by atoms with Crippen molar-refractivity contribution in [3.8, 4) is 11.5 Å². The predicted octanol–water partition coefficient (Wildman–Crippen LogP) is 1.64.